The van der Waals surface area contributed by atoms with E-state index in [9.17, 15) is 13.2 Å². The SMILES string of the molecule is CCCCn1ccnc1NCC(F)(F)F. The summed E-state index contributed by atoms with van der Waals surface area (Å²) in [6.45, 7) is 1.67. The predicted octanol–water partition coefficient (Wildman–Crippen LogP) is 2.66. The Labute approximate surface area is 86.3 Å². The molecule has 0 aliphatic heterocycles. The zero-order chi connectivity index (χ0) is 11.3. The third-order valence-electron chi connectivity index (χ3n) is 1.92. The Hall–Kier alpha value is -1.20. The first-order valence-electron chi connectivity index (χ1n) is 4.84. The predicted molar refractivity (Wildman–Crippen MR) is 51.7 cm³/mol. The van der Waals surface area contributed by atoms with Gasteiger partial charge in [-0.2, -0.15) is 13.2 Å². The molecule has 3 nitrogen and oxygen atoms in total. The fourth-order valence-corrected chi connectivity index (χ4v) is 1.16. The molecular formula is C9H14F3N3. The Morgan fingerprint density at radius 3 is 2.80 bits per heavy atom. The molecule has 0 bridgehead atoms. The van der Waals surface area contributed by atoms with E-state index >= 15 is 0 Å². The van der Waals surface area contributed by atoms with E-state index < -0.39 is 12.7 Å². The van der Waals surface area contributed by atoms with Crippen molar-refractivity contribution < 1.29 is 13.2 Å². The van der Waals surface area contributed by atoms with Gasteiger partial charge in [0.1, 0.15) is 6.54 Å². The summed E-state index contributed by atoms with van der Waals surface area (Å²) in [7, 11) is 0. The van der Waals surface area contributed by atoms with Gasteiger partial charge in [0, 0.05) is 18.9 Å². The molecule has 0 aromatic carbocycles. The van der Waals surface area contributed by atoms with Crippen LogP contribution in [0.15, 0.2) is 12.4 Å². The van der Waals surface area contributed by atoms with E-state index in [1.807, 2.05) is 6.92 Å². The second-order valence-corrected chi connectivity index (χ2v) is 3.27. The summed E-state index contributed by atoms with van der Waals surface area (Å²) in [5.41, 5.74) is 0. The molecule has 0 radical (unpaired) electrons. The standard InChI is InChI=1S/C9H14F3N3/c1-2-3-5-15-6-4-13-8(15)14-7-9(10,11)12/h4,6H,2-3,5,7H2,1H3,(H,13,14). The molecule has 6 heteroatoms. The average molecular weight is 221 g/mol. The van der Waals surface area contributed by atoms with Crippen LogP contribution in [0.2, 0.25) is 0 Å². The Morgan fingerprint density at radius 1 is 1.47 bits per heavy atom. The molecule has 86 valence electrons. The van der Waals surface area contributed by atoms with Crippen molar-refractivity contribution in [3.63, 3.8) is 0 Å². The Morgan fingerprint density at radius 2 is 2.20 bits per heavy atom. The fourth-order valence-electron chi connectivity index (χ4n) is 1.16. The number of hydrogen-bond donors (Lipinski definition) is 1. The van der Waals surface area contributed by atoms with E-state index in [0.717, 1.165) is 12.8 Å². The number of imidazole rings is 1. The van der Waals surface area contributed by atoms with Gasteiger partial charge in [-0.1, -0.05) is 13.3 Å². The van der Waals surface area contributed by atoms with Crippen LogP contribution in [-0.4, -0.2) is 22.3 Å². The molecule has 1 N–H and O–H groups in total. The van der Waals surface area contributed by atoms with Crippen molar-refractivity contribution in [1.82, 2.24) is 9.55 Å². The third kappa shape index (κ3) is 4.22. The van der Waals surface area contributed by atoms with Gasteiger partial charge in [0.05, 0.1) is 0 Å². The Kier molecular flexibility index (Phi) is 3.99. The first kappa shape index (κ1) is 11.9. The van der Waals surface area contributed by atoms with Crippen molar-refractivity contribution in [2.24, 2.45) is 0 Å². The number of aromatic nitrogens is 2. The lowest BCUT2D eigenvalue weighted by molar-refractivity contribution is -0.115. The average Bonchev–Trinajstić information content (AvgIpc) is 2.57. The highest BCUT2D eigenvalue weighted by atomic mass is 19.4. The molecule has 1 aromatic rings. The lowest BCUT2D eigenvalue weighted by Crippen LogP contribution is -2.23. The summed E-state index contributed by atoms with van der Waals surface area (Å²) >= 11 is 0. The van der Waals surface area contributed by atoms with Gasteiger partial charge in [0.15, 0.2) is 0 Å². The summed E-state index contributed by atoms with van der Waals surface area (Å²) in [6.07, 6.45) is 0.887. The Bertz CT molecular complexity index is 293. The minimum Gasteiger partial charge on any atom is -0.347 e. The molecular weight excluding hydrogens is 207 g/mol. The van der Waals surface area contributed by atoms with Crippen molar-refractivity contribution in [2.45, 2.75) is 32.5 Å². The summed E-state index contributed by atoms with van der Waals surface area (Å²) in [6, 6.07) is 0. The van der Waals surface area contributed by atoms with E-state index in [1.165, 1.54) is 6.20 Å². The number of unbranched alkanes of at least 4 members (excludes halogenated alkanes) is 1. The number of nitrogens with zero attached hydrogens (tertiary/aromatic N) is 2. The van der Waals surface area contributed by atoms with Crippen LogP contribution in [0.1, 0.15) is 19.8 Å². The molecule has 1 aromatic heterocycles. The first-order valence-corrected chi connectivity index (χ1v) is 4.84. The quantitative estimate of drug-likeness (QED) is 0.828. The summed E-state index contributed by atoms with van der Waals surface area (Å²) in [5.74, 6) is 0.278. The van der Waals surface area contributed by atoms with Gasteiger partial charge in [-0.3, -0.25) is 0 Å². The first-order chi connectivity index (χ1) is 7.03. The number of alkyl halides is 3. The normalized spacial score (nSPS) is 11.7. The van der Waals surface area contributed by atoms with E-state index in [-0.39, 0.29) is 5.95 Å². The highest BCUT2D eigenvalue weighted by Gasteiger charge is 2.27. The van der Waals surface area contributed by atoms with Crippen LogP contribution in [0, 0.1) is 0 Å². The second-order valence-electron chi connectivity index (χ2n) is 3.27. The zero-order valence-corrected chi connectivity index (χ0v) is 8.51. The van der Waals surface area contributed by atoms with Crippen LogP contribution in [0.3, 0.4) is 0 Å². The molecule has 0 aliphatic carbocycles. The van der Waals surface area contributed by atoms with Gasteiger partial charge in [-0.25, -0.2) is 4.98 Å². The highest BCUT2D eigenvalue weighted by molar-refractivity contribution is 5.25. The van der Waals surface area contributed by atoms with Crippen LogP contribution < -0.4 is 5.32 Å². The van der Waals surface area contributed by atoms with Crippen molar-refractivity contribution in [1.29, 1.82) is 0 Å². The Balaban J connectivity index is 2.50. The maximum atomic E-state index is 11.9. The van der Waals surface area contributed by atoms with E-state index in [2.05, 4.69) is 10.3 Å². The molecule has 0 saturated heterocycles. The van der Waals surface area contributed by atoms with Crippen molar-refractivity contribution in [3.8, 4) is 0 Å². The number of nitrogens with one attached hydrogen (secondary N) is 1. The van der Waals surface area contributed by atoms with Gasteiger partial charge in [0.2, 0.25) is 5.95 Å². The molecule has 0 unspecified atom stereocenters. The molecule has 1 rings (SSSR count). The van der Waals surface area contributed by atoms with Crippen molar-refractivity contribution in [2.75, 3.05) is 11.9 Å². The minimum atomic E-state index is -4.21. The smallest absolute Gasteiger partial charge is 0.347 e. The molecule has 15 heavy (non-hydrogen) atoms. The van der Waals surface area contributed by atoms with Gasteiger partial charge in [0.25, 0.3) is 0 Å². The van der Waals surface area contributed by atoms with Crippen LogP contribution in [0.5, 0.6) is 0 Å². The zero-order valence-electron chi connectivity index (χ0n) is 8.51. The second kappa shape index (κ2) is 5.04. The number of halogens is 3. The summed E-state index contributed by atoms with van der Waals surface area (Å²) in [5, 5.41) is 2.27. The van der Waals surface area contributed by atoms with E-state index in [0.29, 0.717) is 6.54 Å². The largest absolute Gasteiger partial charge is 0.405 e. The number of hydrogen-bond acceptors (Lipinski definition) is 2. The molecule has 0 atom stereocenters. The molecule has 1 heterocycles. The van der Waals surface area contributed by atoms with Crippen LogP contribution >= 0.6 is 0 Å². The van der Waals surface area contributed by atoms with Crippen molar-refractivity contribution >= 4 is 5.95 Å². The molecule has 0 spiro atoms. The molecule has 0 amide bonds. The van der Waals surface area contributed by atoms with Crippen molar-refractivity contribution in [3.05, 3.63) is 12.4 Å². The summed E-state index contributed by atoms with van der Waals surface area (Å²) in [4.78, 5) is 3.82. The molecule has 0 fully saturated rings. The minimum absolute atomic E-state index is 0.278. The van der Waals surface area contributed by atoms with Gasteiger partial charge >= 0.3 is 6.18 Å². The molecule has 0 aliphatic rings. The van der Waals surface area contributed by atoms with E-state index in [1.54, 1.807) is 10.8 Å². The number of aryl methyl sites for hydroxylation is 1. The highest BCUT2D eigenvalue weighted by Crippen LogP contribution is 2.15. The van der Waals surface area contributed by atoms with E-state index in [4.69, 9.17) is 0 Å². The molecule has 0 saturated carbocycles. The number of anilines is 1. The van der Waals surface area contributed by atoms with Crippen LogP contribution in [0.25, 0.3) is 0 Å². The lowest BCUT2D eigenvalue weighted by Gasteiger charge is -2.10. The fraction of sp³-hybridized carbons (Fsp3) is 0.667. The van der Waals surface area contributed by atoms with Gasteiger partial charge in [-0.15, -0.1) is 0 Å². The summed E-state index contributed by atoms with van der Waals surface area (Å²) < 4.78 is 37.5. The van der Waals surface area contributed by atoms with Crippen LogP contribution in [0.4, 0.5) is 19.1 Å². The maximum absolute atomic E-state index is 11.9. The lowest BCUT2D eigenvalue weighted by atomic mass is 10.3. The monoisotopic (exact) mass is 221 g/mol. The van der Waals surface area contributed by atoms with Crippen LogP contribution in [-0.2, 0) is 6.54 Å². The maximum Gasteiger partial charge on any atom is 0.405 e. The third-order valence-corrected chi connectivity index (χ3v) is 1.92. The number of rotatable bonds is 5. The van der Waals surface area contributed by atoms with Gasteiger partial charge in [-0.05, 0) is 6.42 Å². The topological polar surface area (TPSA) is 29.9 Å². The van der Waals surface area contributed by atoms with Gasteiger partial charge < -0.3 is 9.88 Å².